The average Bonchev–Trinajstić information content (AvgIpc) is 3.07. The van der Waals surface area contributed by atoms with E-state index in [2.05, 4.69) is 20.7 Å². The Morgan fingerprint density at radius 2 is 2.30 bits per heavy atom. The Balaban J connectivity index is 1.60. The third kappa shape index (κ3) is 3.42. The highest BCUT2D eigenvalue weighted by atomic mass is 32.2. The molecule has 1 aromatic heterocycles. The largest absolute Gasteiger partial charge is 0.378 e. The SMILES string of the molecule is C[C@@]1(c2cc(NC(=O)c3cc4n(n3)CCCN4)ccc2F)C=CSC(N)=N1. The third-order valence-corrected chi connectivity index (χ3v) is 5.16. The van der Waals surface area contributed by atoms with Crippen molar-refractivity contribution in [3.63, 3.8) is 0 Å². The van der Waals surface area contributed by atoms with Crippen LogP contribution < -0.4 is 16.4 Å². The van der Waals surface area contributed by atoms with Gasteiger partial charge in [-0.15, -0.1) is 0 Å². The maximum absolute atomic E-state index is 14.5. The Morgan fingerprint density at radius 3 is 3.07 bits per heavy atom. The number of hydrogen-bond donors (Lipinski definition) is 3. The molecule has 1 atom stereocenters. The van der Waals surface area contributed by atoms with Crippen LogP contribution in [0.1, 0.15) is 29.4 Å². The van der Waals surface area contributed by atoms with Crippen LogP contribution >= 0.6 is 11.8 Å². The molecule has 2 aromatic rings. The van der Waals surface area contributed by atoms with E-state index in [1.54, 1.807) is 35.2 Å². The van der Waals surface area contributed by atoms with Crippen molar-refractivity contribution in [1.29, 1.82) is 0 Å². The molecule has 2 aliphatic rings. The second-order valence-corrected chi connectivity index (χ2v) is 7.51. The number of rotatable bonds is 3. The van der Waals surface area contributed by atoms with Crippen LogP contribution in [0, 0.1) is 5.82 Å². The number of aliphatic imine (C=N–C) groups is 1. The molecule has 1 aromatic carbocycles. The predicted molar refractivity (Wildman–Crippen MR) is 105 cm³/mol. The fourth-order valence-corrected chi connectivity index (χ4v) is 3.87. The monoisotopic (exact) mass is 386 g/mol. The van der Waals surface area contributed by atoms with Gasteiger partial charge in [0.2, 0.25) is 0 Å². The van der Waals surface area contributed by atoms with Crippen LogP contribution in [-0.2, 0) is 12.1 Å². The number of anilines is 2. The molecule has 0 saturated heterocycles. The second-order valence-electron chi connectivity index (χ2n) is 6.59. The number of amidine groups is 1. The van der Waals surface area contributed by atoms with E-state index in [4.69, 9.17) is 5.73 Å². The predicted octanol–water partition coefficient (Wildman–Crippen LogP) is 2.88. The first-order valence-electron chi connectivity index (χ1n) is 8.57. The van der Waals surface area contributed by atoms with Crippen LogP contribution in [0.5, 0.6) is 0 Å². The Labute approximate surface area is 159 Å². The van der Waals surface area contributed by atoms with Crippen molar-refractivity contribution in [3.05, 3.63) is 52.8 Å². The molecular formula is C18H19FN6OS. The standard InChI is InChI=1S/C18H19FN6OS/c1-18(5-8-27-17(20)23-18)12-9-11(3-4-13(12)19)22-16(26)14-10-15-21-6-2-7-25(15)24-14/h3-5,8-10,21H,2,6-7H2,1H3,(H2,20,23)(H,22,26)/t18-/m0/s1. The quantitative estimate of drug-likeness (QED) is 0.754. The summed E-state index contributed by atoms with van der Waals surface area (Å²) in [4.78, 5) is 16.9. The zero-order valence-corrected chi connectivity index (χ0v) is 15.5. The van der Waals surface area contributed by atoms with E-state index in [0.717, 1.165) is 25.3 Å². The summed E-state index contributed by atoms with van der Waals surface area (Å²) in [6.45, 7) is 3.41. The normalized spacial score (nSPS) is 21.2. The molecule has 7 nitrogen and oxygen atoms in total. The van der Waals surface area contributed by atoms with E-state index >= 15 is 0 Å². The molecule has 140 valence electrons. The van der Waals surface area contributed by atoms with Crippen molar-refractivity contribution >= 4 is 34.3 Å². The van der Waals surface area contributed by atoms with Crippen LogP contribution in [0.2, 0.25) is 0 Å². The lowest BCUT2D eigenvalue weighted by Crippen LogP contribution is -2.25. The number of halogens is 1. The van der Waals surface area contributed by atoms with E-state index in [0.29, 0.717) is 22.1 Å². The van der Waals surface area contributed by atoms with Crippen LogP contribution in [0.25, 0.3) is 0 Å². The number of amides is 1. The van der Waals surface area contributed by atoms with Gasteiger partial charge in [0.1, 0.15) is 17.2 Å². The van der Waals surface area contributed by atoms with Crippen molar-refractivity contribution in [2.75, 3.05) is 17.2 Å². The molecule has 0 radical (unpaired) electrons. The number of nitrogens with zero attached hydrogens (tertiary/aromatic N) is 3. The zero-order chi connectivity index (χ0) is 19.0. The topological polar surface area (TPSA) is 97.3 Å². The zero-order valence-electron chi connectivity index (χ0n) is 14.7. The number of nitrogens with two attached hydrogens (primary N) is 1. The van der Waals surface area contributed by atoms with Gasteiger partial charge in [0.05, 0.1) is 0 Å². The highest BCUT2D eigenvalue weighted by Crippen LogP contribution is 2.35. The third-order valence-electron chi connectivity index (χ3n) is 4.56. The summed E-state index contributed by atoms with van der Waals surface area (Å²) in [5.74, 6) is 0.0674. The van der Waals surface area contributed by atoms with Crippen LogP contribution in [-0.4, -0.2) is 27.4 Å². The summed E-state index contributed by atoms with van der Waals surface area (Å²) in [5, 5.41) is 12.5. The summed E-state index contributed by atoms with van der Waals surface area (Å²) in [5.41, 5.74) is 6.00. The smallest absolute Gasteiger partial charge is 0.276 e. The van der Waals surface area contributed by atoms with Gasteiger partial charge in [-0.25, -0.2) is 14.1 Å². The fraction of sp³-hybridized carbons (Fsp3) is 0.278. The molecule has 4 N–H and O–H groups in total. The second kappa shape index (κ2) is 6.73. The maximum Gasteiger partial charge on any atom is 0.276 e. The molecule has 27 heavy (non-hydrogen) atoms. The minimum Gasteiger partial charge on any atom is -0.378 e. The lowest BCUT2D eigenvalue weighted by atomic mass is 9.92. The highest BCUT2D eigenvalue weighted by Gasteiger charge is 2.29. The minimum absolute atomic E-state index is 0.313. The number of fused-ring (bicyclic) bond motifs is 1. The van der Waals surface area contributed by atoms with Crippen LogP contribution in [0.15, 0.2) is 40.7 Å². The number of carbonyl (C=O) groups is 1. The molecule has 0 bridgehead atoms. The number of hydrogen-bond acceptors (Lipinski definition) is 6. The molecule has 0 aliphatic carbocycles. The van der Waals surface area contributed by atoms with Crippen molar-refractivity contribution in [1.82, 2.24) is 9.78 Å². The van der Waals surface area contributed by atoms with Crippen molar-refractivity contribution in [3.8, 4) is 0 Å². The highest BCUT2D eigenvalue weighted by molar-refractivity contribution is 8.16. The molecule has 3 heterocycles. The van der Waals surface area contributed by atoms with Gasteiger partial charge in [0, 0.05) is 30.4 Å². The molecule has 4 rings (SSSR count). The molecule has 0 saturated carbocycles. The molecule has 0 spiro atoms. The fourth-order valence-electron chi connectivity index (χ4n) is 3.15. The Kier molecular flexibility index (Phi) is 4.39. The van der Waals surface area contributed by atoms with Gasteiger partial charge in [0.25, 0.3) is 5.91 Å². The van der Waals surface area contributed by atoms with E-state index < -0.39 is 11.4 Å². The first kappa shape index (κ1) is 17.6. The summed E-state index contributed by atoms with van der Waals surface area (Å²) >= 11 is 1.28. The first-order valence-corrected chi connectivity index (χ1v) is 9.45. The van der Waals surface area contributed by atoms with Gasteiger partial charge < -0.3 is 16.4 Å². The Hall–Kier alpha value is -2.81. The summed E-state index contributed by atoms with van der Waals surface area (Å²) in [6, 6.07) is 6.13. The van der Waals surface area contributed by atoms with Crippen LogP contribution in [0.4, 0.5) is 15.9 Å². The van der Waals surface area contributed by atoms with E-state index in [-0.39, 0.29) is 5.91 Å². The van der Waals surface area contributed by atoms with Crippen LogP contribution in [0.3, 0.4) is 0 Å². The van der Waals surface area contributed by atoms with Gasteiger partial charge in [-0.1, -0.05) is 11.8 Å². The number of aryl methyl sites for hydroxylation is 1. The maximum atomic E-state index is 14.5. The number of nitrogens with one attached hydrogen (secondary N) is 2. The van der Waals surface area contributed by atoms with Gasteiger partial charge in [0.15, 0.2) is 10.9 Å². The van der Waals surface area contributed by atoms with Gasteiger partial charge in [-0.2, -0.15) is 5.10 Å². The van der Waals surface area contributed by atoms with E-state index in [1.165, 1.54) is 23.9 Å². The van der Waals surface area contributed by atoms with Gasteiger partial charge in [-0.05, 0) is 43.0 Å². The van der Waals surface area contributed by atoms with E-state index in [1.807, 2.05) is 0 Å². The van der Waals surface area contributed by atoms with E-state index in [9.17, 15) is 9.18 Å². The summed E-state index contributed by atoms with van der Waals surface area (Å²) < 4.78 is 16.2. The summed E-state index contributed by atoms with van der Waals surface area (Å²) in [7, 11) is 0. The van der Waals surface area contributed by atoms with Crippen molar-refractivity contribution < 1.29 is 9.18 Å². The number of aromatic nitrogens is 2. The molecule has 9 heteroatoms. The number of benzene rings is 1. The number of thioether (sulfide) groups is 1. The molecule has 1 amide bonds. The first-order chi connectivity index (χ1) is 12.9. The lowest BCUT2D eigenvalue weighted by molar-refractivity contribution is 0.102. The van der Waals surface area contributed by atoms with Crippen molar-refractivity contribution in [2.45, 2.75) is 25.4 Å². The number of carbonyl (C=O) groups excluding carboxylic acids is 1. The summed E-state index contributed by atoms with van der Waals surface area (Å²) in [6.07, 6.45) is 2.75. The average molecular weight is 386 g/mol. The Morgan fingerprint density at radius 1 is 1.44 bits per heavy atom. The van der Waals surface area contributed by atoms with Gasteiger partial charge >= 0.3 is 0 Å². The van der Waals surface area contributed by atoms with Gasteiger partial charge in [-0.3, -0.25) is 4.79 Å². The Bertz CT molecular complexity index is 945. The lowest BCUT2D eigenvalue weighted by Gasteiger charge is -2.26. The molecule has 2 aliphatic heterocycles. The van der Waals surface area contributed by atoms with Crippen molar-refractivity contribution in [2.24, 2.45) is 10.7 Å². The molecule has 0 fully saturated rings. The minimum atomic E-state index is -0.919. The molecule has 0 unspecified atom stereocenters. The molecular weight excluding hydrogens is 367 g/mol.